The van der Waals surface area contributed by atoms with Crippen molar-refractivity contribution in [3.05, 3.63) is 47.9 Å². The summed E-state index contributed by atoms with van der Waals surface area (Å²) in [6.45, 7) is 0. The quantitative estimate of drug-likeness (QED) is 0.164. The zero-order valence-electron chi connectivity index (χ0n) is 12.9. The average Bonchev–Trinajstić information content (AvgIpc) is 2.47. The van der Waals surface area contributed by atoms with Crippen molar-refractivity contribution in [2.24, 2.45) is 0 Å². The molecule has 0 radical (unpaired) electrons. The van der Waals surface area contributed by atoms with E-state index < -0.39 is 24.2 Å². The summed E-state index contributed by atoms with van der Waals surface area (Å²) in [5.74, 6) is -0.922. The van der Waals surface area contributed by atoms with Gasteiger partial charge in [0, 0.05) is 24.3 Å². The van der Waals surface area contributed by atoms with Gasteiger partial charge in [-0.1, -0.05) is 46.4 Å². The van der Waals surface area contributed by atoms with Crippen LogP contribution in [0.4, 0.5) is 32.0 Å². The summed E-state index contributed by atoms with van der Waals surface area (Å²) in [4.78, 5) is 0. The highest BCUT2D eigenvalue weighted by Crippen LogP contribution is 2.35. The topological polar surface area (TPSA) is 44.5 Å². The fraction of sp³-hybridized carbons (Fsp3) is 0.143. The second kappa shape index (κ2) is 9.88. The number of alkyl halides is 6. The monoisotopic (exact) mass is 601 g/mol. The molecule has 0 aliphatic heterocycles. The van der Waals surface area contributed by atoms with E-state index in [4.69, 9.17) is 52.1 Å². The van der Waals surface area contributed by atoms with Crippen molar-refractivity contribution in [2.45, 2.75) is 12.7 Å². The van der Waals surface area contributed by atoms with Crippen molar-refractivity contribution in [1.82, 2.24) is 0 Å². The molecule has 0 saturated heterocycles. The molecule has 0 aromatic heterocycles. The van der Waals surface area contributed by atoms with Crippen molar-refractivity contribution in [2.75, 3.05) is 5.73 Å². The van der Waals surface area contributed by atoms with Gasteiger partial charge in [-0.15, -0.1) is 26.3 Å². The maximum absolute atomic E-state index is 11.8. The molecule has 0 aliphatic rings. The first-order chi connectivity index (χ1) is 12.6. The summed E-state index contributed by atoms with van der Waals surface area (Å²) in [5.41, 5.74) is 5.33. The molecule has 156 valence electrons. The largest absolute Gasteiger partial charge is 0.573 e. The number of nitrogen functional groups attached to an aromatic ring is 1. The normalized spacial score (nSPS) is 11.5. The number of hydrogen-bond donors (Lipinski definition) is 1. The van der Waals surface area contributed by atoms with E-state index in [9.17, 15) is 26.3 Å². The average molecular weight is 603 g/mol. The van der Waals surface area contributed by atoms with Crippen molar-refractivity contribution < 1.29 is 35.8 Å². The Morgan fingerprint density at radius 3 is 1.25 bits per heavy atom. The molecule has 0 heterocycles. The molecule has 0 saturated carbocycles. The Morgan fingerprint density at radius 2 is 0.964 bits per heavy atom. The first-order valence-electron chi connectivity index (χ1n) is 6.49. The zero-order valence-corrected chi connectivity index (χ0v) is 18.0. The lowest BCUT2D eigenvalue weighted by molar-refractivity contribution is -0.275. The fourth-order valence-corrected chi connectivity index (χ4v) is 2.72. The molecule has 3 nitrogen and oxygen atoms in total. The Labute approximate surface area is 187 Å². The number of ether oxygens (including phenoxy) is 2. The predicted octanol–water partition coefficient (Wildman–Crippen LogP) is 7.97. The SMILES string of the molecule is FC(F)(F)Oc1cc(Cl)c(I)c(Cl)c1.Nc1c(Cl)cc(OC(F)(F)F)cc1Cl. The van der Waals surface area contributed by atoms with Crippen LogP contribution in [0.3, 0.4) is 0 Å². The van der Waals surface area contributed by atoms with E-state index in [0.717, 1.165) is 24.3 Å². The van der Waals surface area contributed by atoms with Crippen LogP contribution in [0, 0.1) is 3.57 Å². The van der Waals surface area contributed by atoms with Crippen molar-refractivity contribution >= 4 is 74.7 Å². The van der Waals surface area contributed by atoms with Crippen LogP contribution in [0.15, 0.2) is 24.3 Å². The van der Waals surface area contributed by atoms with Gasteiger partial charge in [0.15, 0.2) is 0 Å². The number of halogens is 11. The summed E-state index contributed by atoms with van der Waals surface area (Å²) >= 11 is 24.0. The molecule has 14 heteroatoms. The summed E-state index contributed by atoms with van der Waals surface area (Å²) in [6.07, 6.45) is -9.51. The Hall–Kier alpha value is -0.690. The van der Waals surface area contributed by atoms with Gasteiger partial charge in [-0.3, -0.25) is 0 Å². The van der Waals surface area contributed by atoms with Crippen LogP contribution >= 0.6 is 69.0 Å². The molecule has 0 aliphatic carbocycles. The second-order valence-corrected chi connectivity index (χ2v) is 7.30. The van der Waals surface area contributed by atoms with Crippen LogP contribution < -0.4 is 15.2 Å². The van der Waals surface area contributed by atoms with E-state index in [2.05, 4.69) is 9.47 Å². The zero-order chi connectivity index (χ0) is 21.9. The van der Waals surface area contributed by atoms with Gasteiger partial charge < -0.3 is 15.2 Å². The summed E-state index contributed by atoms with van der Waals surface area (Å²) in [6, 6.07) is 4.00. The van der Waals surface area contributed by atoms with Gasteiger partial charge >= 0.3 is 12.7 Å². The fourth-order valence-electron chi connectivity index (χ4n) is 1.48. The molecule has 2 aromatic rings. The highest BCUT2D eigenvalue weighted by molar-refractivity contribution is 14.1. The Morgan fingerprint density at radius 1 is 0.679 bits per heavy atom. The summed E-state index contributed by atoms with van der Waals surface area (Å²) < 4.78 is 78.4. The maximum atomic E-state index is 11.8. The third-order valence-electron chi connectivity index (χ3n) is 2.48. The molecular formula is C14H6Cl4F6INO2. The van der Waals surface area contributed by atoms with Crippen LogP contribution in [0.25, 0.3) is 0 Å². The van der Waals surface area contributed by atoms with Gasteiger partial charge in [-0.05, 0) is 22.6 Å². The van der Waals surface area contributed by atoms with E-state index in [1.807, 2.05) is 22.6 Å². The third-order valence-corrected chi connectivity index (χ3v) is 5.50. The van der Waals surface area contributed by atoms with Gasteiger partial charge in [-0.25, -0.2) is 0 Å². The van der Waals surface area contributed by atoms with Gasteiger partial charge in [0.05, 0.1) is 29.3 Å². The Balaban J connectivity index is 0.000000280. The molecule has 2 N–H and O–H groups in total. The van der Waals surface area contributed by atoms with Gasteiger partial charge in [0.2, 0.25) is 0 Å². The van der Waals surface area contributed by atoms with Crippen molar-refractivity contribution in [3.63, 3.8) is 0 Å². The number of anilines is 1. The third kappa shape index (κ3) is 8.76. The number of rotatable bonds is 2. The smallest absolute Gasteiger partial charge is 0.406 e. The van der Waals surface area contributed by atoms with Crippen LogP contribution in [0.2, 0.25) is 20.1 Å². The summed E-state index contributed by atoms with van der Waals surface area (Å²) in [7, 11) is 0. The first-order valence-corrected chi connectivity index (χ1v) is 9.08. The molecule has 0 amide bonds. The van der Waals surface area contributed by atoms with E-state index in [0.29, 0.717) is 3.57 Å². The van der Waals surface area contributed by atoms with Gasteiger partial charge in [-0.2, -0.15) is 0 Å². The van der Waals surface area contributed by atoms with Crippen molar-refractivity contribution in [3.8, 4) is 11.5 Å². The highest BCUT2D eigenvalue weighted by atomic mass is 127. The maximum Gasteiger partial charge on any atom is 0.573 e. The van der Waals surface area contributed by atoms with Crippen LogP contribution in [-0.4, -0.2) is 12.7 Å². The number of hydrogen-bond acceptors (Lipinski definition) is 3. The highest BCUT2D eigenvalue weighted by Gasteiger charge is 2.32. The van der Waals surface area contributed by atoms with E-state index >= 15 is 0 Å². The molecule has 2 rings (SSSR count). The minimum atomic E-state index is -4.78. The van der Waals surface area contributed by atoms with E-state index in [1.54, 1.807) is 0 Å². The lowest BCUT2D eigenvalue weighted by Gasteiger charge is -2.10. The van der Waals surface area contributed by atoms with Crippen LogP contribution in [-0.2, 0) is 0 Å². The standard InChI is InChI=1S/C7H2Cl2F3IO.C7H4Cl2F3NO/c2*8-4-1-3(14-7(10,11)12)2-5(9)6(4)13/h1-2H;1-2H,13H2. The van der Waals surface area contributed by atoms with E-state index in [1.165, 1.54) is 0 Å². The number of nitrogens with two attached hydrogens (primary N) is 1. The molecule has 0 atom stereocenters. The van der Waals surface area contributed by atoms with Crippen LogP contribution in [0.5, 0.6) is 11.5 Å². The molecule has 0 bridgehead atoms. The minimum absolute atomic E-state index is 0.0165. The van der Waals surface area contributed by atoms with Gasteiger partial charge in [0.25, 0.3) is 0 Å². The summed E-state index contributed by atoms with van der Waals surface area (Å²) in [5, 5.41) is 0.0724. The van der Waals surface area contributed by atoms with Gasteiger partial charge in [0.1, 0.15) is 11.5 Å². The lowest BCUT2D eigenvalue weighted by atomic mass is 10.3. The molecule has 2 aromatic carbocycles. The molecule has 0 unspecified atom stereocenters. The molecule has 0 fully saturated rings. The van der Waals surface area contributed by atoms with E-state index in [-0.39, 0.29) is 25.8 Å². The first kappa shape index (κ1) is 25.3. The minimum Gasteiger partial charge on any atom is -0.406 e. The predicted molar refractivity (Wildman–Crippen MR) is 103 cm³/mol. The van der Waals surface area contributed by atoms with Crippen molar-refractivity contribution in [1.29, 1.82) is 0 Å². The molecular weight excluding hydrogens is 597 g/mol. The second-order valence-electron chi connectivity index (χ2n) is 4.60. The molecule has 28 heavy (non-hydrogen) atoms. The number of benzene rings is 2. The lowest BCUT2D eigenvalue weighted by Crippen LogP contribution is -2.17. The molecule has 0 spiro atoms. The Kier molecular flexibility index (Phi) is 8.94. The van der Waals surface area contributed by atoms with Crippen LogP contribution in [0.1, 0.15) is 0 Å². The Bertz CT molecular complexity index is 732.